The van der Waals surface area contributed by atoms with Crippen LogP contribution in [0.25, 0.3) is 0 Å². The molecule has 3 fully saturated rings. The molecule has 2 aromatic carbocycles. The average molecular weight is 539 g/mol. The summed E-state index contributed by atoms with van der Waals surface area (Å²) < 4.78 is 41.6. The van der Waals surface area contributed by atoms with E-state index in [4.69, 9.17) is 4.84 Å². The largest absolute Gasteiger partial charge is 0.416 e. The number of hydrogen-bond acceptors (Lipinski definition) is 3. The van der Waals surface area contributed by atoms with Crippen molar-refractivity contribution >= 4 is 5.71 Å². The third kappa shape index (κ3) is 6.95. The van der Waals surface area contributed by atoms with Gasteiger partial charge in [-0.2, -0.15) is 13.2 Å². The number of likely N-dealkylation sites (tertiary alicyclic amines) is 1. The molecule has 0 amide bonds. The van der Waals surface area contributed by atoms with Crippen molar-refractivity contribution in [2.75, 3.05) is 13.1 Å². The van der Waals surface area contributed by atoms with Crippen LogP contribution in [0, 0.1) is 5.92 Å². The lowest BCUT2D eigenvalue weighted by Gasteiger charge is -2.39. The van der Waals surface area contributed by atoms with Gasteiger partial charge >= 0.3 is 6.18 Å². The average Bonchev–Trinajstić information content (AvgIpc) is 2.88. The quantitative estimate of drug-likeness (QED) is 0.181. The Labute approximate surface area is 231 Å². The van der Waals surface area contributed by atoms with Crippen LogP contribution >= 0.6 is 0 Å². The first kappa shape index (κ1) is 27.9. The highest BCUT2D eigenvalue weighted by atomic mass is 19.4. The third-order valence-electron chi connectivity index (χ3n) is 8.75. The minimum Gasteiger partial charge on any atom is -0.391 e. The molecular weight excluding hydrogens is 497 g/mol. The molecule has 0 atom stereocenters. The molecule has 2 aromatic rings. The summed E-state index contributed by atoms with van der Waals surface area (Å²) in [6.07, 6.45) is 7.78. The lowest BCUT2D eigenvalue weighted by Crippen LogP contribution is -2.45. The molecule has 5 rings (SSSR count). The van der Waals surface area contributed by atoms with Gasteiger partial charge in [0.05, 0.1) is 11.3 Å². The number of hydrogen-bond donors (Lipinski definition) is 0. The van der Waals surface area contributed by atoms with E-state index < -0.39 is 11.7 Å². The number of alkyl halides is 3. The monoisotopic (exact) mass is 538 g/mol. The summed E-state index contributed by atoms with van der Waals surface area (Å²) in [6, 6.07) is 11.1. The molecular formula is C33H41F3N2O. The zero-order chi connectivity index (χ0) is 27.4. The maximum Gasteiger partial charge on any atom is 0.416 e. The Morgan fingerprint density at radius 3 is 2.44 bits per heavy atom. The van der Waals surface area contributed by atoms with Crippen molar-refractivity contribution in [1.82, 2.24) is 4.90 Å². The fourth-order valence-electron chi connectivity index (χ4n) is 6.27. The Bertz CT molecular complexity index is 1200. The van der Waals surface area contributed by atoms with Crippen LogP contribution in [0.2, 0.25) is 0 Å². The number of oxime groups is 1. The minimum atomic E-state index is -4.37. The van der Waals surface area contributed by atoms with Crippen molar-refractivity contribution in [3.05, 3.63) is 81.4 Å². The number of halogens is 3. The van der Waals surface area contributed by atoms with Crippen LogP contribution < -0.4 is 0 Å². The summed E-state index contributed by atoms with van der Waals surface area (Å²) in [4.78, 5) is 8.06. The van der Waals surface area contributed by atoms with E-state index in [1.165, 1.54) is 36.5 Å². The van der Waals surface area contributed by atoms with Crippen LogP contribution in [0.1, 0.15) is 105 Å². The molecule has 210 valence electrons. The molecule has 0 aromatic heterocycles. The van der Waals surface area contributed by atoms with Crippen molar-refractivity contribution < 1.29 is 18.0 Å². The first-order valence-corrected chi connectivity index (χ1v) is 14.7. The Morgan fingerprint density at radius 1 is 1.00 bits per heavy atom. The molecule has 2 aliphatic carbocycles. The van der Waals surface area contributed by atoms with Crippen molar-refractivity contribution in [1.29, 1.82) is 0 Å². The highest BCUT2D eigenvalue weighted by Gasteiger charge is 2.36. The Kier molecular flexibility index (Phi) is 8.80. The second-order valence-corrected chi connectivity index (χ2v) is 11.7. The normalized spacial score (nSPS) is 19.5. The summed E-state index contributed by atoms with van der Waals surface area (Å²) in [7, 11) is 0. The standard InChI is InChI=1S/C33H41F3N2O/c1-3-27-18-29(13-14-30(27)21-38-19-26(20-38)16-24-8-7-9-24)23(2)37-39-22-25-12-15-31(28-10-5-4-6-11-28)32(17-25)33(34,35)36/h12-18,26,28H,3-11,19-22H2,1-2H3/b37-23+. The molecule has 0 spiro atoms. The molecule has 1 saturated heterocycles. The third-order valence-corrected chi connectivity index (χ3v) is 8.75. The van der Waals surface area contributed by atoms with E-state index in [9.17, 15) is 13.2 Å². The van der Waals surface area contributed by atoms with Gasteiger partial charge in [-0.15, -0.1) is 0 Å². The van der Waals surface area contributed by atoms with E-state index >= 15 is 0 Å². The van der Waals surface area contributed by atoms with Crippen molar-refractivity contribution in [3.63, 3.8) is 0 Å². The molecule has 3 aliphatic rings. The molecule has 39 heavy (non-hydrogen) atoms. The van der Waals surface area contributed by atoms with E-state index in [0.29, 0.717) is 17.0 Å². The minimum absolute atomic E-state index is 0.00599. The van der Waals surface area contributed by atoms with E-state index in [0.717, 1.165) is 69.4 Å². The van der Waals surface area contributed by atoms with Gasteiger partial charge in [-0.25, -0.2) is 0 Å². The maximum absolute atomic E-state index is 13.9. The van der Waals surface area contributed by atoms with Crippen LogP contribution in [-0.4, -0.2) is 23.7 Å². The van der Waals surface area contributed by atoms with Gasteiger partial charge in [-0.05, 0) is 91.3 Å². The fraction of sp³-hybridized carbons (Fsp3) is 0.545. The number of rotatable bonds is 9. The molecule has 0 unspecified atom stereocenters. The number of allylic oxidation sites excluding steroid dienone is 1. The van der Waals surface area contributed by atoms with E-state index in [-0.39, 0.29) is 12.5 Å². The predicted octanol–water partition coefficient (Wildman–Crippen LogP) is 8.80. The summed E-state index contributed by atoms with van der Waals surface area (Å²) in [6.45, 7) is 7.31. The van der Waals surface area contributed by atoms with Gasteiger partial charge in [0.15, 0.2) is 0 Å². The van der Waals surface area contributed by atoms with Gasteiger partial charge in [0, 0.05) is 25.6 Å². The van der Waals surface area contributed by atoms with Gasteiger partial charge in [-0.1, -0.05) is 67.3 Å². The molecule has 0 N–H and O–H groups in total. The van der Waals surface area contributed by atoms with Gasteiger partial charge in [0.2, 0.25) is 0 Å². The Hall–Kier alpha value is -2.60. The molecule has 3 nitrogen and oxygen atoms in total. The lowest BCUT2D eigenvalue weighted by molar-refractivity contribution is -0.138. The highest BCUT2D eigenvalue weighted by molar-refractivity contribution is 5.98. The van der Waals surface area contributed by atoms with Crippen LogP contribution in [0.5, 0.6) is 0 Å². The topological polar surface area (TPSA) is 24.8 Å². The SMILES string of the molecule is CCc1cc(/C(C)=N/OCc2ccc(C3CCCCC3)c(C(F)(F)F)c2)ccc1CN1CC(C=C2CCC2)C1. The van der Waals surface area contributed by atoms with Gasteiger partial charge in [0.25, 0.3) is 0 Å². The van der Waals surface area contributed by atoms with Crippen LogP contribution in [0.3, 0.4) is 0 Å². The summed E-state index contributed by atoms with van der Waals surface area (Å²) in [5.41, 5.74) is 6.40. The lowest BCUT2D eigenvalue weighted by atomic mass is 9.81. The second-order valence-electron chi connectivity index (χ2n) is 11.7. The molecule has 0 bridgehead atoms. The van der Waals surface area contributed by atoms with Crippen molar-refractivity contribution in [3.8, 4) is 0 Å². The zero-order valence-electron chi connectivity index (χ0n) is 23.3. The second kappa shape index (κ2) is 12.3. The molecule has 6 heteroatoms. The predicted molar refractivity (Wildman–Crippen MR) is 151 cm³/mol. The van der Waals surface area contributed by atoms with Gasteiger partial charge in [0.1, 0.15) is 6.61 Å². The number of nitrogens with zero attached hydrogens (tertiary/aromatic N) is 2. The van der Waals surface area contributed by atoms with Crippen LogP contribution in [0.15, 0.2) is 53.2 Å². The van der Waals surface area contributed by atoms with Gasteiger partial charge in [-0.3, -0.25) is 4.90 Å². The summed E-state index contributed by atoms with van der Waals surface area (Å²) in [5.74, 6) is 0.709. The van der Waals surface area contributed by atoms with Crippen LogP contribution in [-0.2, 0) is 30.6 Å². The van der Waals surface area contributed by atoms with Crippen molar-refractivity contribution in [2.24, 2.45) is 11.1 Å². The molecule has 1 heterocycles. The van der Waals surface area contributed by atoms with E-state index in [2.05, 4.69) is 41.3 Å². The van der Waals surface area contributed by atoms with Crippen LogP contribution in [0.4, 0.5) is 13.2 Å². The first-order chi connectivity index (χ1) is 18.8. The molecule has 2 saturated carbocycles. The van der Waals surface area contributed by atoms with Crippen molar-refractivity contribution in [2.45, 2.75) is 96.9 Å². The smallest absolute Gasteiger partial charge is 0.391 e. The fourth-order valence-corrected chi connectivity index (χ4v) is 6.27. The van der Waals surface area contributed by atoms with E-state index in [1.807, 2.05) is 6.92 Å². The Balaban J connectivity index is 1.19. The van der Waals surface area contributed by atoms with Gasteiger partial charge < -0.3 is 4.84 Å². The highest BCUT2D eigenvalue weighted by Crippen LogP contribution is 2.41. The molecule has 0 radical (unpaired) electrons. The first-order valence-electron chi connectivity index (χ1n) is 14.7. The molecule has 1 aliphatic heterocycles. The maximum atomic E-state index is 13.9. The zero-order valence-corrected chi connectivity index (χ0v) is 23.3. The number of benzene rings is 2. The summed E-state index contributed by atoms with van der Waals surface area (Å²) in [5, 5.41) is 4.26. The Morgan fingerprint density at radius 2 is 1.77 bits per heavy atom. The number of aryl methyl sites for hydroxylation is 1. The van der Waals surface area contributed by atoms with E-state index in [1.54, 1.807) is 17.7 Å². The summed E-state index contributed by atoms with van der Waals surface area (Å²) >= 11 is 0.